The first-order chi connectivity index (χ1) is 9.47. The second kappa shape index (κ2) is 5.78. The average Bonchev–Trinajstić information content (AvgIpc) is 2.41. The fourth-order valence-corrected chi connectivity index (χ4v) is 1.94. The minimum Gasteiger partial charge on any atom is -0.478 e. The molecule has 3 heteroatoms. The highest BCUT2D eigenvalue weighted by atomic mass is 16.5. The van der Waals surface area contributed by atoms with Crippen LogP contribution in [0.3, 0.4) is 0 Å². The Morgan fingerprint density at radius 3 is 2.25 bits per heavy atom. The van der Waals surface area contributed by atoms with Crippen LogP contribution in [0.25, 0.3) is 0 Å². The number of ether oxygens (including phenoxy) is 1. The van der Waals surface area contributed by atoms with Crippen LogP contribution in [-0.2, 0) is 0 Å². The molecule has 0 amide bonds. The molecule has 104 valence electrons. The maximum absolute atomic E-state index is 10.9. The van der Waals surface area contributed by atoms with E-state index in [0.29, 0.717) is 11.7 Å². The zero-order valence-electron chi connectivity index (χ0n) is 11.9. The van der Waals surface area contributed by atoms with Gasteiger partial charge in [0.25, 0.3) is 0 Å². The summed E-state index contributed by atoms with van der Waals surface area (Å²) in [5.74, 6) is 0.981. The van der Waals surface area contributed by atoms with Gasteiger partial charge in [-0.05, 0) is 54.3 Å². The molecule has 0 aliphatic heterocycles. The summed E-state index contributed by atoms with van der Waals surface area (Å²) >= 11 is 0. The second-order valence-corrected chi connectivity index (χ2v) is 5.11. The summed E-state index contributed by atoms with van der Waals surface area (Å²) in [4.78, 5) is 10.9. The second-order valence-electron chi connectivity index (χ2n) is 5.11. The number of carbonyl (C=O) groups is 1. The van der Waals surface area contributed by atoms with Crippen LogP contribution in [0.15, 0.2) is 42.5 Å². The number of aromatic carboxylic acids is 1. The van der Waals surface area contributed by atoms with Gasteiger partial charge in [-0.15, -0.1) is 0 Å². The number of carboxylic acids is 1. The molecule has 0 saturated heterocycles. The SMILES string of the molecule is Cc1cc(C(=O)O)ccc1Oc1ccc(C(C)C)cc1. The van der Waals surface area contributed by atoms with Crippen molar-refractivity contribution in [3.05, 3.63) is 59.2 Å². The third-order valence-corrected chi connectivity index (χ3v) is 3.20. The first-order valence-corrected chi connectivity index (χ1v) is 6.59. The number of benzene rings is 2. The summed E-state index contributed by atoms with van der Waals surface area (Å²) in [6, 6.07) is 12.8. The molecular formula is C17H18O3. The molecule has 0 aliphatic carbocycles. The Labute approximate surface area is 118 Å². The lowest BCUT2D eigenvalue weighted by atomic mass is 10.0. The molecule has 2 rings (SSSR count). The molecule has 2 aromatic rings. The van der Waals surface area contributed by atoms with Crippen LogP contribution in [-0.4, -0.2) is 11.1 Å². The summed E-state index contributed by atoms with van der Waals surface area (Å²) in [6.45, 7) is 6.12. The molecule has 0 bridgehead atoms. The monoisotopic (exact) mass is 270 g/mol. The third kappa shape index (κ3) is 3.18. The van der Waals surface area contributed by atoms with E-state index in [1.807, 2.05) is 31.2 Å². The Morgan fingerprint density at radius 1 is 1.10 bits per heavy atom. The van der Waals surface area contributed by atoms with Crippen LogP contribution >= 0.6 is 0 Å². The summed E-state index contributed by atoms with van der Waals surface area (Å²) < 4.78 is 5.79. The zero-order valence-corrected chi connectivity index (χ0v) is 11.9. The lowest BCUT2D eigenvalue weighted by Crippen LogP contribution is -1.97. The van der Waals surface area contributed by atoms with Gasteiger partial charge in [0.05, 0.1) is 5.56 Å². The van der Waals surface area contributed by atoms with Crippen molar-refractivity contribution < 1.29 is 14.6 Å². The highest BCUT2D eigenvalue weighted by molar-refractivity contribution is 5.88. The molecule has 0 radical (unpaired) electrons. The summed E-state index contributed by atoms with van der Waals surface area (Å²) in [6.07, 6.45) is 0. The van der Waals surface area contributed by atoms with Gasteiger partial charge in [0, 0.05) is 0 Å². The van der Waals surface area contributed by atoms with E-state index in [9.17, 15) is 4.79 Å². The van der Waals surface area contributed by atoms with Gasteiger partial charge in [0.2, 0.25) is 0 Å². The van der Waals surface area contributed by atoms with Gasteiger partial charge < -0.3 is 9.84 Å². The van der Waals surface area contributed by atoms with Crippen molar-refractivity contribution in [1.29, 1.82) is 0 Å². The molecule has 20 heavy (non-hydrogen) atoms. The van der Waals surface area contributed by atoms with Gasteiger partial charge >= 0.3 is 5.97 Å². The largest absolute Gasteiger partial charge is 0.478 e. The minimum atomic E-state index is -0.930. The number of aryl methyl sites for hydroxylation is 1. The standard InChI is InChI=1S/C17H18O3/c1-11(2)13-4-7-15(8-5-13)20-16-9-6-14(17(18)19)10-12(16)3/h4-11H,1-3H3,(H,18,19). The lowest BCUT2D eigenvalue weighted by Gasteiger charge is -2.11. The van der Waals surface area contributed by atoms with Gasteiger partial charge in [-0.2, -0.15) is 0 Å². The number of hydrogen-bond acceptors (Lipinski definition) is 2. The molecule has 0 atom stereocenters. The Balaban J connectivity index is 2.19. The third-order valence-electron chi connectivity index (χ3n) is 3.20. The molecule has 0 fully saturated rings. The molecule has 0 saturated carbocycles. The smallest absolute Gasteiger partial charge is 0.335 e. The molecule has 0 unspecified atom stereocenters. The first kappa shape index (κ1) is 14.1. The van der Waals surface area contributed by atoms with E-state index in [1.165, 1.54) is 5.56 Å². The van der Waals surface area contributed by atoms with Crippen molar-refractivity contribution in [3.8, 4) is 11.5 Å². The van der Waals surface area contributed by atoms with Crippen molar-refractivity contribution >= 4 is 5.97 Å². The first-order valence-electron chi connectivity index (χ1n) is 6.59. The number of rotatable bonds is 4. The highest BCUT2D eigenvalue weighted by Crippen LogP contribution is 2.27. The summed E-state index contributed by atoms with van der Waals surface area (Å²) in [5.41, 5.74) is 2.33. The fraction of sp³-hybridized carbons (Fsp3) is 0.235. The normalized spacial score (nSPS) is 10.6. The Morgan fingerprint density at radius 2 is 1.75 bits per heavy atom. The van der Waals surface area contributed by atoms with Crippen molar-refractivity contribution in [2.45, 2.75) is 26.7 Å². The van der Waals surface area contributed by atoms with E-state index in [2.05, 4.69) is 13.8 Å². The zero-order chi connectivity index (χ0) is 14.7. The predicted octanol–water partition coefficient (Wildman–Crippen LogP) is 4.61. The fourth-order valence-electron chi connectivity index (χ4n) is 1.94. The van der Waals surface area contributed by atoms with Crippen molar-refractivity contribution in [1.82, 2.24) is 0 Å². The molecule has 2 aromatic carbocycles. The molecule has 0 aliphatic rings. The van der Waals surface area contributed by atoms with E-state index in [1.54, 1.807) is 18.2 Å². The quantitative estimate of drug-likeness (QED) is 0.882. The Kier molecular flexibility index (Phi) is 4.08. The minimum absolute atomic E-state index is 0.269. The molecule has 0 heterocycles. The Hall–Kier alpha value is -2.29. The topological polar surface area (TPSA) is 46.5 Å². The van der Waals surface area contributed by atoms with Crippen LogP contribution in [0.4, 0.5) is 0 Å². The van der Waals surface area contributed by atoms with Gasteiger partial charge in [-0.3, -0.25) is 0 Å². The van der Waals surface area contributed by atoms with Crippen molar-refractivity contribution in [2.75, 3.05) is 0 Å². The van der Waals surface area contributed by atoms with Crippen LogP contribution in [0.2, 0.25) is 0 Å². The predicted molar refractivity (Wildman–Crippen MR) is 78.7 cm³/mol. The van der Waals surface area contributed by atoms with E-state index < -0.39 is 5.97 Å². The van der Waals surface area contributed by atoms with Gasteiger partial charge in [0.1, 0.15) is 11.5 Å². The molecule has 1 N–H and O–H groups in total. The number of hydrogen-bond donors (Lipinski definition) is 1. The van der Waals surface area contributed by atoms with Crippen LogP contribution in [0.1, 0.15) is 41.3 Å². The van der Waals surface area contributed by atoms with E-state index in [0.717, 1.165) is 11.3 Å². The molecule has 3 nitrogen and oxygen atoms in total. The Bertz CT molecular complexity index is 613. The van der Waals surface area contributed by atoms with E-state index in [-0.39, 0.29) is 5.56 Å². The molecule has 0 aromatic heterocycles. The molecular weight excluding hydrogens is 252 g/mol. The lowest BCUT2D eigenvalue weighted by molar-refractivity contribution is 0.0697. The van der Waals surface area contributed by atoms with Crippen molar-refractivity contribution in [3.63, 3.8) is 0 Å². The summed E-state index contributed by atoms with van der Waals surface area (Å²) in [7, 11) is 0. The van der Waals surface area contributed by atoms with Crippen LogP contribution < -0.4 is 4.74 Å². The van der Waals surface area contributed by atoms with Crippen LogP contribution in [0.5, 0.6) is 11.5 Å². The van der Waals surface area contributed by atoms with Crippen molar-refractivity contribution in [2.24, 2.45) is 0 Å². The van der Waals surface area contributed by atoms with Gasteiger partial charge in [-0.25, -0.2) is 4.79 Å². The van der Waals surface area contributed by atoms with Gasteiger partial charge in [0.15, 0.2) is 0 Å². The van der Waals surface area contributed by atoms with E-state index in [4.69, 9.17) is 9.84 Å². The average molecular weight is 270 g/mol. The molecule has 0 spiro atoms. The maximum atomic E-state index is 10.9. The van der Waals surface area contributed by atoms with Crippen LogP contribution in [0, 0.1) is 6.92 Å². The maximum Gasteiger partial charge on any atom is 0.335 e. The highest BCUT2D eigenvalue weighted by Gasteiger charge is 2.07. The summed E-state index contributed by atoms with van der Waals surface area (Å²) in [5, 5.41) is 8.93. The van der Waals surface area contributed by atoms with E-state index >= 15 is 0 Å². The number of carboxylic acid groups (broad SMARTS) is 1. The van der Waals surface area contributed by atoms with Gasteiger partial charge in [-0.1, -0.05) is 26.0 Å².